The Kier molecular flexibility index (Phi) is 4.47. The van der Waals surface area contributed by atoms with Gasteiger partial charge in [-0.1, -0.05) is 11.6 Å². The maximum Gasteiger partial charge on any atom is 0.247 e. The monoisotopic (exact) mass is 291 g/mol. The number of rotatable bonds is 4. The van der Waals surface area contributed by atoms with Crippen molar-refractivity contribution >= 4 is 28.9 Å². The fourth-order valence-electron chi connectivity index (χ4n) is 1.53. The van der Waals surface area contributed by atoms with Crippen molar-refractivity contribution in [3.63, 3.8) is 0 Å². The molecule has 7 heteroatoms. The van der Waals surface area contributed by atoms with Crippen molar-refractivity contribution < 1.29 is 4.74 Å². The first-order valence-corrected chi connectivity index (χ1v) is 6.42. The number of nitrogens with zero attached hydrogens (tertiary/aromatic N) is 4. The molecule has 1 aromatic heterocycles. The molecular weight excluding hydrogens is 278 g/mol. The number of ether oxygens (including phenoxy) is 1. The summed E-state index contributed by atoms with van der Waals surface area (Å²) in [6.45, 7) is 4.09. The van der Waals surface area contributed by atoms with Gasteiger partial charge in [0.25, 0.3) is 0 Å². The molecule has 0 unspecified atom stereocenters. The van der Waals surface area contributed by atoms with Gasteiger partial charge in [0.2, 0.25) is 11.8 Å². The SMILES string of the molecule is CCOc1nc(N)nc(C)c1N=Nc1ccc(Cl)cc1. The van der Waals surface area contributed by atoms with E-state index < -0.39 is 0 Å². The van der Waals surface area contributed by atoms with E-state index in [1.54, 1.807) is 31.2 Å². The molecule has 0 aliphatic rings. The normalized spacial score (nSPS) is 10.9. The van der Waals surface area contributed by atoms with Crippen LogP contribution >= 0.6 is 11.6 Å². The number of nitrogens with two attached hydrogens (primary N) is 1. The second kappa shape index (κ2) is 6.29. The van der Waals surface area contributed by atoms with E-state index in [4.69, 9.17) is 22.1 Å². The highest BCUT2D eigenvalue weighted by molar-refractivity contribution is 6.30. The standard InChI is InChI=1S/C13H14ClN5O/c1-3-20-12-11(8(2)16-13(15)17-12)19-18-10-6-4-9(14)5-7-10/h4-7H,3H2,1-2H3,(H2,15,16,17). The summed E-state index contributed by atoms with van der Waals surface area (Å²) in [5, 5.41) is 8.90. The highest BCUT2D eigenvalue weighted by Crippen LogP contribution is 2.30. The smallest absolute Gasteiger partial charge is 0.247 e. The number of anilines is 1. The molecule has 0 saturated carbocycles. The molecule has 0 bridgehead atoms. The largest absolute Gasteiger partial charge is 0.476 e. The van der Waals surface area contributed by atoms with E-state index in [1.165, 1.54) is 0 Å². The molecule has 0 spiro atoms. The van der Waals surface area contributed by atoms with Gasteiger partial charge in [-0.2, -0.15) is 10.1 Å². The van der Waals surface area contributed by atoms with Crippen LogP contribution in [0.3, 0.4) is 0 Å². The molecule has 0 aliphatic heterocycles. The van der Waals surface area contributed by atoms with Crippen LogP contribution in [0, 0.1) is 6.92 Å². The lowest BCUT2D eigenvalue weighted by atomic mass is 10.3. The van der Waals surface area contributed by atoms with E-state index >= 15 is 0 Å². The minimum absolute atomic E-state index is 0.149. The molecular formula is C13H14ClN5O. The lowest BCUT2D eigenvalue weighted by molar-refractivity contribution is 0.327. The van der Waals surface area contributed by atoms with Gasteiger partial charge in [-0.3, -0.25) is 0 Å². The second-order valence-corrected chi connectivity index (χ2v) is 4.37. The van der Waals surface area contributed by atoms with Crippen molar-refractivity contribution in [1.82, 2.24) is 9.97 Å². The molecule has 0 fully saturated rings. The van der Waals surface area contributed by atoms with Crippen molar-refractivity contribution in [2.45, 2.75) is 13.8 Å². The fraction of sp³-hybridized carbons (Fsp3) is 0.231. The summed E-state index contributed by atoms with van der Waals surface area (Å²) in [7, 11) is 0. The Balaban J connectivity index is 2.34. The maximum absolute atomic E-state index is 5.81. The third-order valence-corrected chi connectivity index (χ3v) is 2.67. The number of hydrogen-bond acceptors (Lipinski definition) is 6. The number of benzene rings is 1. The Morgan fingerprint density at radius 2 is 1.90 bits per heavy atom. The number of hydrogen-bond donors (Lipinski definition) is 1. The molecule has 6 nitrogen and oxygen atoms in total. The highest BCUT2D eigenvalue weighted by atomic mass is 35.5. The van der Waals surface area contributed by atoms with E-state index in [0.717, 1.165) is 0 Å². The zero-order chi connectivity index (χ0) is 14.5. The quantitative estimate of drug-likeness (QED) is 0.867. The first-order chi connectivity index (χ1) is 9.60. The summed E-state index contributed by atoms with van der Waals surface area (Å²) in [6, 6.07) is 7.01. The van der Waals surface area contributed by atoms with Gasteiger partial charge in [0.15, 0.2) is 5.69 Å². The van der Waals surface area contributed by atoms with Crippen LogP contribution in [0.2, 0.25) is 5.02 Å². The van der Waals surface area contributed by atoms with Gasteiger partial charge in [-0.05, 0) is 38.1 Å². The Morgan fingerprint density at radius 1 is 1.20 bits per heavy atom. The molecule has 2 aromatic rings. The van der Waals surface area contributed by atoms with Gasteiger partial charge in [0.1, 0.15) is 0 Å². The van der Waals surface area contributed by atoms with Crippen LogP contribution in [-0.4, -0.2) is 16.6 Å². The van der Waals surface area contributed by atoms with E-state index in [1.807, 2.05) is 6.92 Å². The predicted octanol–water partition coefficient (Wildman–Crippen LogP) is 3.83. The minimum Gasteiger partial charge on any atom is -0.476 e. The van der Waals surface area contributed by atoms with Crippen molar-refractivity contribution in [1.29, 1.82) is 0 Å². The van der Waals surface area contributed by atoms with E-state index in [-0.39, 0.29) is 5.95 Å². The summed E-state index contributed by atoms with van der Waals surface area (Å²) < 4.78 is 5.40. The molecule has 104 valence electrons. The average molecular weight is 292 g/mol. The van der Waals surface area contributed by atoms with Crippen molar-refractivity contribution in [3.05, 3.63) is 35.0 Å². The summed E-state index contributed by atoms with van der Waals surface area (Å²) in [5.41, 5.74) is 7.35. The predicted molar refractivity (Wildman–Crippen MR) is 78.0 cm³/mol. The van der Waals surface area contributed by atoms with Crippen LogP contribution in [-0.2, 0) is 0 Å². The zero-order valence-electron chi connectivity index (χ0n) is 11.2. The summed E-state index contributed by atoms with van der Waals surface area (Å²) in [6.07, 6.45) is 0. The van der Waals surface area contributed by atoms with Crippen LogP contribution in [0.5, 0.6) is 5.88 Å². The maximum atomic E-state index is 5.81. The molecule has 0 aliphatic carbocycles. The first kappa shape index (κ1) is 14.2. The van der Waals surface area contributed by atoms with Gasteiger partial charge in [0, 0.05) is 5.02 Å². The van der Waals surface area contributed by atoms with E-state index in [9.17, 15) is 0 Å². The van der Waals surface area contributed by atoms with Crippen LogP contribution in [0.4, 0.5) is 17.3 Å². The molecule has 0 amide bonds. The molecule has 1 aromatic carbocycles. The third kappa shape index (κ3) is 3.42. The number of nitrogen functional groups attached to an aromatic ring is 1. The molecule has 2 rings (SSSR count). The van der Waals surface area contributed by atoms with E-state index in [2.05, 4.69) is 20.2 Å². The lowest BCUT2D eigenvalue weighted by Gasteiger charge is -2.07. The highest BCUT2D eigenvalue weighted by Gasteiger charge is 2.11. The zero-order valence-corrected chi connectivity index (χ0v) is 11.9. The lowest BCUT2D eigenvalue weighted by Crippen LogP contribution is -2.02. The van der Waals surface area contributed by atoms with Gasteiger partial charge in [0.05, 0.1) is 18.0 Å². The van der Waals surface area contributed by atoms with Crippen LogP contribution in [0.1, 0.15) is 12.6 Å². The molecule has 1 heterocycles. The van der Waals surface area contributed by atoms with Crippen molar-refractivity contribution in [2.24, 2.45) is 10.2 Å². The summed E-state index contributed by atoms with van der Waals surface area (Å²) >= 11 is 5.81. The Morgan fingerprint density at radius 3 is 2.55 bits per heavy atom. The van der Waals surface area contributed by atoms with Crippen LogP contribution in [0.25, 0.3) is 0 Å². The number of halogens is 1. The fourth-order valence-corrected chi connectivity index (χ4v) is 1.66. The second-order valence-electron chi connectivity index (χ2n) is 3.93. The van der Waals surface area contributed by atoms with Gasteiger partial charge >= 0.3 is 0 Å². The van der Waals surface area contributed by atoms with Crippen molar-refractivity contribution in [3.8, 4) is 5.88 Å². The molecule has 20 heavy (non-hydrogen) atoms. The van der Waals surface area contributed by atoms with Crippen molar-refractivity contribution in [2.75, 3.05) is 12.3 Å². The number of aromatic nitrogens is 2. The van der Waals surface area contributed by atoms with Gasteiger partial charge in [-0.25, -0.2) is 4.98 Å². The van der Waals surface area contributed by atoms with Gasteiger partial charge in [-0.15, -0.1) is 5.11 Å². The number of aryl methyl sites for hydroxylation is 1. The third-order valence-electron chi connectivity index (χ3n) is 2.42. The first-order valence-electron chi connectivity index (χ1n) is 6.04. The summed E-state index contributed by atoms with van der Waals surface area (Å²) in [4.78, 5) is 8.07. The summed E-state index contributed by atoms with van der Waals surface area (Å²) in [5.74, 6) is 0.478. The molecule has 0 atom stereocenters. The minimum atomic E-state index is 0.149. The molecule has 0 saturated heterocycles. The Labute approximate surface area is 121 Å². The van der Waals surface area contributed by atoms with Gasteiger partial charge < -0.3 is 10.5 Å². The molecule has 2 N–H and O–H groups in total. The number of azo groups is 1. The topological polar surface area (TPSA) is 85.8 Å². The Bertz CT molecular complexity index is 627. The Hall–Kier alpha value is -2.21. The average Bonchev–Trinajstić information content (AvgIpc) is 2.40. The van der Waals surface area contributed by atoms with Crippen LogP contribution < -0.4 is 10.5 Å². The van der Waals surface area contributed by atoms with Crippen LogP contribution in [0.15, 0.2) is 34.5 Å². The van der Waals surface area contributed by atoms with E-state index in [0.29, 0.717) is 34.6 Å². The molecule has 0 radical (unpaired) electrons.